The van der Waals surface area contributed by atoms with Gasteiger partial charge in [0.2, 0.25) is 10.0 Å². The smallest absolute Gasteiger partial charge is 0.241 e. The molecule has 1 aliphatic rings. The number of anilines is 1. The van der Waals surface area contributed by atoms with E-state index in [1.165, 1.54) is 6.33 Å². The monoisotopic (exact) mass is 392 g/mol. The second kappa shape index (κ2) is 6.49. The number of nitrogens with one attached hydrogen (secondary N) is 1. The first kappa shape index (κ1) is 17.2. The third-order valence-electron chi connectivity index (χ3n) is 4.49. The maximum atomic E-state index is 12.7. The molecule has 0 aliphatic carbocycles. The SMILES string of the molecule is Cc1c(Cl)cccc1S(=O)(=O)NC1CCN(c2ccc3nncn3n2)C1. The Balaban J connectivity index is 1.51. The highest BCUT2D eigenvalue weighted by Crippen LogP contribution is 2.24. The molecule has 1 fully saturated rings. The van der Waals surface area contributed by atoms with Crippen LogP contribution in [-0.4, -0.2) is 47.4 Å². The predicted octanol–water partition coefficient (Wildman–Crippen LogP) is 1.64. The van der Waals surface area contributed by atoms with E-state index >= 15 is 0 Å². The minimum atomic E-state index is -3.63. The third kappa shape index (κ3) is 3.13. The lowest BCUT2D eigenvalue weighted by atomic mass is 10.2. The third-order valence-corrected chi connectivity index (χ3v) is 6.56. The maximum absolute atomic E-state index is 12.7. The van der Waals surface area contributed by atoms with Gasteiger partial charge in [-0.3, -0.25) is 0 Å². The van der Waals surface area contributed by atoms with Crippen molar-refractivity contribution in [1.29, 1.82) is 0 Å². The summed E-state index contributed by atoms with van der Waals surface area (Å²) >= 11 is 6.06. The number of nitrogens with zero attached hydrogens (tertiary/aromatic N) is 5. The molecule has 1 aliphatic heterocycles. The minimum Gasteiger partial charge on any atom is -0.354 e. The summed E-state index contributed by atoms with van der Waals surface area (Å²) < 4.78 is 29.8. The van der Waals surface area contributed by atoms with E-state index in [0.717, 1.165) is 5.82 Å². The van der Waals surface area contributed by atoms with Gasteiger partial charge < -0.3 is 4.90 Å². The van der Waals surface area contributed by atoms with Crippen LogP contribution in [0.5, 0.6) is 0 Å². The Kier molecular flexibility index (Phi) is 4.29. The first-order valence-corrected chi connectivity index (χ1v) is 9.99. The van der Waals surface area contributed by atoms with Crippen molar-refractivity contribution in [2.75, 3.05) is 18.0 Å². The van der Waals surface area contributed by atoms with Crippen molar-refractivity contribution < 1.29 is 8.42 Å². The standard InChI is InChI=1S/C16H17ClN6O2S/c1-11-13(17)3-2-4-14(11)26(24,25)21-12-7-8-22(9-12)16-6-5-15-19-18-10-23(15)20-16/h2-6,10,12,21H,7-9H2,1H3. The molecule has 136 valence electrons. The fraction of sp³-hybridized carbons (Fsp3) is 0.312. The van der Waals surface area contributed by atoms with Crippen LogP contribution in [0.25, 0.3) is 5.65 Å². The van der Waals surface area contributed by atoms with Gasteiger partial charge in [0.25, 0.3) is 0 Å². The molecular weight excluding hydrogens is 376 g/mol. The topological polar surface area (TPSA) is 92.5 Å². The average Bonchev–Trinajstić information content (AvgIpc) is 3.25. The van der Waals surface area contributed by atoms with Crippen LogP contribution in [0.4, 0.5) is 5.82 Å². The molecule has 0 bridgehead atoms. The number of hydrogen-bond acceptors (Lipinski definition) is 6. The molecule has 0 spiro atoms. The molecule has 1 saturated heterocycles. The molecule has 1 N–H and O–H groups in total. The predicted molar refractivity (Wildman–Crippen MR) is 97.9 cm³/mol. The zero-order valence-corrected chi connectivity index (χ0v) is 15.6. The van der Waals surface area contributed by atoms with Crippen LogP contribution >= 0.6 is 11.6 Å². The van der Waals surface area contributed by atoms with Gasteiger partial charge in [0.05, 0.1) is 4.90 Å². The molecule has 0 radical (unpaired) electrons. The highest BCUT2D eigenvalue weighted by Gasteiger charge is 2.29. The molecule has 0 saturated carbocycles. The van der Waals surface area contributed by atoms with Crippen molar-refractivity contribution in [2.45, 2.75) is 24.3 Å². The summed E-state index contributed by atoms with van der Waals surface area (Å²) in [5.74, 6) is 0.762. The number of fused-ring (bicyclic) bond motifs is 1. The summed E-state index contributed by atoms with van der Waals surface area (Å²) in [6.45, 7) is 2.96. The first-order valence-electron chi connectivity index (χ1n) is 8.13. The van der Waals surface area contributed by atoms with Crippen molar-refractivity contribution in [3.8, 4) is 0 Å². The van der Waals surface area contributed by atoms with Crippen molar-refractivity contribution in [2.24, 2.45) is 0 Å². The van der Waals surface area contributed by atoms with Crippen molar-refractivity contribution in [3.63, 3.8) is 0 Å². The van der Waals surface area contributed by atoms with Gasteiger partial charge >= 0.3 is 0 Å². The van der Waals surface area contributed by atoms with E-state index in [0.29, 0.717) is 35.7 Å². The molecule has 3 heterocycles. The average molecular weight is 393 g/mol. The number of rotatable bonds is 4. The molecule has 2 aromatic heterocycles. The van der Waals surface area contributed by atoms with Gasteiger partial charge in [-0.25, -0.2) is 13.1 Å². The Morgan fingerprint density at radius 3 is 2.96 bits per heavy atom. The number of aromatic nitrogens is 4. The second-order valence-corrected chi connectivity index (χ2v) is 8.33. The molecular formula is C16H17ClN6O2S. The van der Waals surface area contributed by atoms with E-state index in [2.05, 4.69) is 20.0 Å². The molecule has 1 unspecified atom stereocenters. The summed E-state index contributed by atoms with van der Waals surface area (Å²) in [5, 5.41) is 12.6. The lowest BCUT2D eigenvalue weighted by molar-refractivity contribution is 0.560. The fourth-order valence-corrected chi connectivity index (χ4v) is 4.87. The summed E-state index contributed by atoms with van der Waals surface area (Å²) in [7, 11) is -3.63. The highest BCUT2D eigenvalue weighted by atomic mass is 35.5. The van der Waals surface area contributed by atoms with Crippen molar-refractivity contribution in [1.82, 2.24) is 24.5 Å². The Morgan fingerprint density at radius 1 is 1.27 bits per heavy atom. The van der Waals surface area contributed by atoms with Gasteiger partial charge in [-0.1, -0.05) is 17.7 Å². The van der Waals surface area contributed by atoms with Gasteiger partial charge in [-0.15, -0.1) is 15.3 Å². The molecule has 26 heavy (non-hydrogen) atoms. The summed E-state index contributed by atoms with van der Waals surface area (Å²) in [6, 6.07) is 8.39. The summed E-state index contributed by atoms with van der Waals surface area (Å²) in [6.07, 6.45) is 2.23. The lowest BCUT2D eigenvalue weighted by Gasteiger charge is -2.18. The van der Waals surface area contributed by atoms with E-state index in [9.17, 15) is 8.42 Å². The molecule has 1 atom stereocenters. The quantitative estimate of drug-likeness (QED) is 0.725. The van der Waals surface area contributed by atoms with Gasteiger partial charge in [0.1, 0.15) is 12.1 Å². The van der Waals surface area contributed by atoms with Crippen LogP contribution in [0.1, 0.15) is 12.0 Å². The van der Waals surface area contributed by atoms with Crippen LogP contribution in [0.15, 0.2) is 41.6 Å². The Labute approximate surface area is 155 Å². The van der Waals surface area contributed by atoms with Gasteiger partial charge in [-0.2, -0.15) is 4.52 Å². The van der Waals surface area contributed by atoms with E-state index in [4.69, 9.17) is 11.6 Å². The number of sulfonamides is 1. The van der Waals surface area contributed by atoms with E-state index in [1.807, 2.05) is 17.0 Å². The number of benzene rings is 1. The highest BCUT2D eigenvalue weighted by molar-refractivity contribution is 7.89. The Hall–Kier alpha value is -2.23. The summed E-state index contributed by atoms with van der Waals surface area (Å²) in [4.78, 5) is 2.25. The zero-order chi connectivity index (χ0) is 18.3. The van der Waals surface area contributed by atoms with Crippen molar-refractivity contribution in [3.05, 3.63) is 47.2 Å². The van der Waals surface area contributed by atoms with Crippen LogP contribution in [0, 0.1) is 6.92 Å². The molecule has 8 nitrogen and oxygen atoms in total. The Morgan fingerprint density at radius 2 is 2.12 bits per heavy atom. The van der Waals surface area contributed by atoms with E-state index < -0.39 is 10.0 Å². The van der Waals surface area contributed by atoms with Crippen LogP contribution < -0.4 is 9.62 Å². The fourth-order valence-electron chi connectivity index (χ4n) is 3.11. The van der Waals surface area contributed by atoms with Crippen LogP contribution in [0.3, 0.4) is 0 Å². The van der Waals surface area contributed by atoms with Gasteiger partial charge in [-0.05, 0) is 43.2 Å². The maximum Gasteiger partial charge on any atom is 0.241 e. The normalized spacial score (nSPS) is 17.9. The van der Waals surface area contributed by atoms with Gasteiger partial charge in [0.15, 0.2) is 5.65 Å². The number of hydrogen-bond donors (Lipinski definition) is 1. The van der Waals surface area contributed by atoms with E-state index in [-0.39, 0.29) is 10.9 Å². The second-order valence-electron chi connectivity index (χ2n) is 6.24. The minimum absolute atomic E-state index is 0.197. The van der Waals surface area contributed by atoms with Gasteiger partial charge in [0, 0.05) is 24.2 Å². The molecule has 0 amide bonds. The number of halogens is 1. The molecule has 3 aromatic rings. The summed E-state index contributed by atoms with van der Waals surface area (Å²) in [5.41, 5.74) is 1.22. The lowest BCUT2D eigenvalue weighted by Crippen LogP contribution is -2.37. The Bertz CT molecular complexity index is 1070. The zero-order valence-electron chi connectivity index (χ0n) is 14.0. The first-order chi connectivity index (χ1) is 12.4. The van der Waals surface area contributed by atoms with Crippen LogP contribution in [0.2, 0.25) is 5.02 Å². The van der Waals surface area contributed by atoms with Crippen LogP contribution in [-0.2, 0) is 10.0 Å². The van der Waals surface area contributed by atoms with E-state index in [1.54, 1.807) is 29.6 Å². The van der Waals surface area contributed by atoms with Crippen molar-refractivity contribution >= 4 is 33.1 Å². The molecule has 1 aromatic carbocycles. The largest absolute Gasteiger partial charge is 0.354 e. The molecule has 10 heteroatoms. The molecule has 4 rings (SSSR count).